The predicted octanol–water partition coefficient (Wildman–Crippen LogP) is 2.53. The largest absolute Gasteiger partial charge is 0.288 e. The zero-order chi connectivity index (χ0) is 12.7. The van der Waals surface area contributed by atoms with E-state index in [0.29, 0.717) is 21.6 Å². The van der Waals surface area contributed by atoms with E-state index in [1.54, 1.807) is 12.1 Å². The summed E-state index contributed by atoms with van der Waals surface area (Å²) in [6, 6.07) is 12.8. The Hall–Kier alpha value is -2.07. The van der Waals surface area contributed by atoms with Crippen LogP contribution in [0.25, 0.3) is 11.1 Å². The lowest BCUT2D eigenvalue weighted by molar-refractivity contribution is 0.0880. The third-order valence-electron chi connectivity index (χ3n) is 2.94. The topological polar surface area (TPSA) is 46.2 Å². The molecule has 0 aliphatic carbocycles. The number of hydrogen-bond donors (Lipinski definition) is 2. The monoisotopic (exact) mass is 255 g/mol. The summed E-state index contributed by atoms with van der Waals surface area (Å²) in [6.45, 7) is 0. The van der Waals surface area contributed by atoms with Crippen molar-refractivity contribution in [3.05, 3.63) is 53.6 Å². The molecule has 0 atom stereocenters. The van der Waals surface area contributed by atoms with E-state index in [9.17, 15) is 9.59 Å². The molecule has 3 rings (SSSR count). The Balaban J connectivity index is 2.34. The highest BCUT2D eigenvalue weighted by Gasteiger charge is 2.30. The number of thiol groups is 1. The predicted molar refractivity (Wildman–Crippen MR) is 70.9 cm³/mol. The molecule has 2 amide bonds. The van der Waals surface area contributed by atoms with Crippen LogP contribution in [0.3, 0.4) is 0 Å². The average Bonchev–Trinajstić information content (AvgIpc) is 2.66. The molecule has 1 aliphatic heterocycles. The van der Waals surface area contributed by atoms with Crippen molar-refractivity contribution < 1.29 is 9.59 Å². The first-order valence-corrected chi connectivity index (χ1v) is 5.90. The highest BCUT2D eigenvalue weighted by atomic mass is 32.1. The molecule has 88 valence electrons. The van der Waals surface area contributed by atoms with Gasteiger partial charge < -0.3 is 0 Å². The summed E-state index contributed by atoms with van der Waals surface area (Å²) in [6.07, 6.45) is 0. The number of amides is 2. The Morgan fingerprint density at radius 3 is 2.28 bits per heavy atom. The molecule has 1 heterocycles. The van der Waals surface area contributed by atoms with Gasteiger partial charge in [-0.05, 0) is 17.7 Å². The second kappa shape index (κ2) is 3.99. The molecule has 1 aliphatic rings. The minimum atomic E-state index is -0.357. The van der Waals surface area contributed by atoms with Gasteiger partial charge in [-0.1, -0.05) is 30.3 Å². The van der Waals surface area contributed by atoms with Crippen LogP contribution in [0, 0.1) is 0 Å². The van der Waals surface area contributed by atoms with E-state index in [4.69, 9.17) is 0 Å². The minimum absolute atomic E-state index is 0.347. The van der Waals surface area contributed by atoms with Gasteiger partial charge in [-0.2, -0.15) is 0 Å². The number of rotatable bonds is 1. The lowest BCUT2D eigenvalue weighted by Gasteiger charge is -2.09. The molecule has 3 nitrogen and oxygen atoms in total. The van der Waals surface area contributed by atoms with E-state index in [1.807, 2.05) is 30.3 Å². The first kappa shape index (κ1) is 11.0. The molecule has 1 N–H and O–H groups in total. The molecule has 0 radical (unpaired) electrons. The molecule has 0 saturated carbocycles. The molecule has 2 aromatic carbocycles. The van der Waals surface area contributed by atoms with Gasteiger partial charge in [0.15, 0.2) is 0 Å². The van der Waals surface area contributed by atoms with Crippen molar-refractivity contribution in [1.82, 2.24) is 5.32 Å². The number of carbonyl (C=O) groups is 2. The third kappa shape index (κ3) is 1.54. The van der Waals surface area contributed by atoms with Crippen molar-refractivity contribution in [3.8, 4) is 11.1 Å². The molecule has 0 saturated heterocycles. The zero-order valence-electron chi connectivity index (χ0n) is 9.31. The van der Waals surface area contributed by atoms with Crippen LogP contribution < -0.4 is 5.32 Å². The normalized spacial score (nSPS) is 13.4. The number of fused-ring (bicyclic) bond motifs is 1. The Morgan fingerprint density at radius 2 is 1.56 bits per heavy atom. The highest BCUT2D eigenvalue weighted by molar-refractivity contribution is 7.80. The van der Waals surface area contributed by atoms with E-state index in [-0.39, 0.29) is 11.8 Å². The maximum Gasteiger partial charge on any atom is 0.259 e. The van der Waals surface area contributed by atoms with Gasteiger partial charge in [-0.3, -0.25) is 14.9 Å². The van der Waals surface area contributed by atoms with Gasteiger partial charge in [0.1, 0.15) is 0 Å². The fourth-order valence-corrected chi connectivity index (χ4v) is 2.46. The van der Waals surface area contributed by atoms with Crippen LogP contribution in [-0.4, -0.2) is 11.8 Å². The van der Waals surface area contributed by atoms with Crippen molar-refractivity contribution >= 4 is 24.4 Å². The SMILES string of the molecule is O=C1NC(=O)c2c1ccc(S)c2-c1ccccc1. The van der Waals surface area contributed by atoms with Gasteiger partial charge in [0.05, 0.1) is 11.1 Å². The van der Waals surface area contributed by atoms with Crippen LogP contribution in [-0.2, 0) is 0 Å². The lowest BCUT2D eigenvalue weighted by atomic mass is 9.96. The van der Waals surface area contributed by atoms with Gasteiger partial charge in [0.25, 0.3) is 11.8 Å². The lowest BCUT2D eigenvalue weighted by Crippen LogP contribution is -2.20. The molecule has 0 spiro atoms. The van der Waals surface area contributed by atoms with E-state index in [0.717, 1.165) is 5.56 Å². The average molecular weight is 255 g/mol. The van der Waals surface area contributed by atoms with Crippen LogP contribution in [0.4, 0.5) is 0 Å². The molecule has 2 aromatic rings. The van der Waals surface area contributed by atoms with Crippen LogP contribution in [0.2, 0.25) is 0 Å². The molecule has 0 aromatic heterocycles. The van der Waals surface area contributed by atoms with Gasteiger partial charge >= 0.3 is 0 Å². The van der Waals surface area contributed by atoms with Gasteiger partial charge in [-0.15, -0.1) is 12.6 Å². The fourth-order valence-electron chi connectivity index (χ4n) is 2.15. The fraction of sp³-hybridized carbons (Fsp3) is 0. The highest BCUT2D eigenvalue weighted by Crippen LogP contribution is 2.34. The molecular formula is C14H9NO2S. The zero-order valence-corrected chi connectivity index (χ0v) is 10.2. The molecule has 18 heavy (non-hydrogen) atoms. The van der Waals surface area contributed by atoms with Crippen LogP contribution >= 0.6 is 12.6 Å². The van der Waals surface area contributed by atoms with Gasteiger partial charge in [-0.25, -0.2) is 0 Å². The van der Waals surface area contributed by atoms with E-state index < -0.39 is 0 Å². The van der Waals surface area contributed by atoms with E-state index >= 15 is 0 Å². The van der Waals surface area contributed by atoms with Crippen molar-refractivity contribution in [2.24, 2.45) is 0 Å². The smallest absolute Gasteiger partial charge is 0.259 e. The first-order chi connectivity index (χ1) is 8.68. The second-order valence-corrected chi connectivity index (χ2v) is 4.51. The minimum Gasteiger partial charge on any atom is -0.288 e. The number of nitrogens with one attached hydrogen (secondary N) is 1. The summed E-state index contributed by atoms with van der Waals surface area (Å²) < 4.78 is 0. The van der Waals surface area contributed by atoms with Crippen molar-refractivity contribution in [2.45, 2.75) is 4.90 Å². The second-order valence-electron chi connectivity index (χ2n) is 4.03. The number of benzene rings is 2. The number of hydrogen-bond acceptors (Lipinski definition) is 3. The Morgan fingerprint density at radius 1 is 0.833 bits per heavy atom. The number of carbonyl (C=O) groups excluding carboxylic acids is 2. The summed E-state index contributed by atoms with van der Waals surface area (Å²) in [7, 11) is 0. The van der Waals surface area contributed by atoms with Crippen LogP contribution in [0.5, 0.6) is 0 Å². The summed E-state index contributed by atoms with van der Waals surface area (Å²) >= 11 is 4.39. The van der Waals surface area contributed by atoms with Gasteiger partial charge in [0.2, 0.25) is 0 Å². The molecule has 0 fully saturated rings. The first-order valence-electron chi connectivity index (χ1n) is 5.45. The van der Waals surface area contributed by atoms with Crippen LogP contribution in [0.15, 0.2) is 47.4 Å². The Labute approximate surface area is 109 Å². The van der Waals surface area contributed by atoms with Gasteiger partial charge in [0, 0.05) is 10.5 Å². The summed E-state index contributed by atoms with van der Waals surface area (Å²) in [5.74, 6) is -0.703. The van der Waals surface area contributed by atoms with E-state index in [2.05, 4.69) is 17.9 Å². The summed E-state index contributed by atoms with van der Waals surface area (Å²) in [5.41, 5.74) is 2.42. The summed E-state index contributed by atoms with van der Waals surface area (Å²) in [5, 5.41) is 2.31. The van der Waals surface area contributed by atoms with Crippen molar-refractivity contribution in [1.29, 1.82) is 0 Å². The van der Waals surface area contributed by atoms with Crippen LogP contribution in [0.1, 0.15) is 20.7 Å². The molecule has 4 heteroatoms. The summed E-state index contributed by atoms with van der Waals surface area (Å²) in [4.78, 5) is 24.2. The third-order valence-corrected chi connectivity index (χ3v) is 3.32. The van der Waals surface area contributed by atoms with E-state index in [1.165, 1.54) is 0 Å². The van der Waals surface area contributed by atoms with Crippen molar-refractivity contribution in [2.75, 3.05) is 0 Å². The number of imide groups is 1. The Kier molecular flexibility index (Phi) is 2.45. The molecule has 0 bridgehead atoms. The molecular weight excluding hydrogens is 246 g/mol. The quantitative estimate of drug-likeness (QED) is 0.607. The maximum atomic E-state index is 11.9. The molecule has 0 unspecified atom stereocenters. The van der Waals surface area contributed by atoms with Crippen molar-refractivity contribution in [3.63, 3.8) is 0 Å². The Bertz CT molecular complexity index is 665. The standard InChI is InChI=1S/C14H9NO2S/c16-13-9-6-7-10(18)11(12(9)14(17)15-13)8-4-2-1-3-5-8/h1-7,18H,(H,15,16,17). The maximum absolute atomic E-state index is 11.9.